The van der Waals surface area contributed by atoms with E-state index in [9.17, 15) is 4.79 Å². The maximum Gasteiger partial charge on any atom is 0.224 e. The van der Waals surface area contributed by atoms with Gasteiger partial charge in [0.1, 0.15) is 0 Å². The fourth-order valence-corrected chi connectivity index (χ4v) is 4.39. The monoisotopic (exact) mass is 364 g/mol. The van der Waals surface area contributed by atoms with Crippen molar-refractivity contribution in [3.63, 3.8) is 0 Å². The van der Waals surface area contributed by atoms with E-state index in [1.165, 1.54) is 16.9 Å². The van der Waals surface area contributed by atoms with Gasteiger partial charge in [-0.1, -0.05) is 30.3 Å². The zero-order valence-electron chi connectivity index (χ0n) is 16.1. The summed E-state index contributed by atoms with van der Waals surface area (Å²) in [5.74, 6) is 0.106. The standard InChI is InChI=1S/C22H28N4O/c1-16-15-20(18-7-3-5-9-21(18)26(16)17(2)27)24-19-8-4-6-10-22(19)25-13-11-23-12-14-25/h3-10,16,20,23-24H,11-15H2,1-2H3/t16-,20+/m1/s1. The summed E-state index contributed by atoms with van der Waals surface area (Å²) in [6, 6.07) is 17.2. The highest BCUT2D eigenvalue weighted by Gasteiger charge is 2.32. The van der Waals surface area contributed by atoms with Crippen LogP contribution >= 0.6 is 0 Å². The van der Waals surface area contributed by atoms with E-state index < -0.39 is 0 Å². The molecule has 2 aromatic rings. The number of amides is 1. The molecule has 0 bridgehead atoms. The van der Waals surface area contributed by atoms with Gasteiger partial charge in [0.2, 0.25) is 5.91 Å². The van der Waals surface area contributed by atoms with Gasteiger partial charge in [-0.25, -0.2) is 0 Å². The van der Waals surface area contributed by atoms with Gasteiger partial charge >= 0.3 is 0 Å². The molecule has 1 saturated heterocycles. The highest BCUT2D eigenvalue weighted by molar-refractivity contribution is 5.93. The fraction of sp³-hybridized carbons (Fsp3) is 0.409. The van der Waals surface area contributed by atoms with Crippen LogP contribution in [0.3, 0.4) is 0 Å². The number of carbonyl (C=O) groups excluding carboxylic acids is 1. The van der Waals surface area contributed by atoms with E-state index in [0.717, 1.165) is 38.3 Å². The summed E-state index contributed by atoms with van der Waals surface area (Å²) in [4.78, 5) is 16.6. The molecule has 0 radical (unpaired) electrons. The van der Waals surface area contributed by atoms with Crippen molar-refractivity contribution in [2.24, 2.45) is 0 Å². The topological polar surface area (TPSA) is 47.6 Å². The van der Waals surface area contributed by atoms with Gasteiger partial charge in [-0.05, 0) is 37.1 Å². The molecule has 27 heavy (non-hydrogen) atoms. The number of hydrogen-bond donors (Lipinski definition) is 2. The number of anilines is 3. The molecule has 5 heteroatoms. The van der Waals surface area contributed by atoms with Crippen molar-refractivity contribution in [3.05, 3.63) is 54.1 Å². The van der Waals surface area contributed by atoms with E-state index in [1.54, 1.807) is 6.92 Å². The Labute approximate surface area is 161 Å². The van der Waals surface area contributed by atoms with Gasteiger partial charge in [0.15, 0.2) is 0 Å². The molecule has 2 aliphatic heterocycles. The Hall–Kier alpha value is -2.53. The molecule has 2 atom stereocenters. The minimum atomic E-state index is 0.106. The number of para-hydroxylation sites is 3. The Bertz CT molecular complexity index is 815. The largest absolute Gasteiger partial charge is 0.376 e. The van der Waals surface area contributed by atoms with Crippen molar-refractivity contribution < 1.29 is 4.79 Å². The molecule has 2 N–H and O–H groups in total. The Morgan fingerprint density at radius 2 is 1.70 bits per heavy atom. The molecule has 0 unspecified atom stereocenters. The van der Waals surface area contributed by atoms with Crippen molar-refractivity contribution in [2.45, 2.75) is 32.4 Å². The first-order valence-electron chi connectivity index (χ1n) is 9.85. The fourth-order valence-electron chi connectivity index (χ4n) is 4.39. The minimum Gasteiger partial charge on any atom is -0.376 e. The normalized spacial score (nSPS) is 22.3. The van der Waals surface area contributed by atoms with Crippen LogP contribution in [0.1, 0.15) is 31.9 Å². The Morgan fingerprint density at radius 3 is 2.44 bits per heavy atom. The molecule has 0 aromatic heterocycles. The number of benzene rings is 2. The summed E-state index contributed by atoms with van der Waals surface area (Å²) in [6.07, 6.45) is 0.895. The third-order valence-electron chi connectivity index (χ3n) is 5.62. The molecule has 1 fully saturated rings. The molecule has 2 aliphatic rings. The van der Waals surface area contributed by atoms with Gasteiger partial charge in [-0.2, -0.15) is 0 Å². The van der Waals surface area contributed by atoms with E-state index in [4.69, 9.17) is 0 Å². The van der Waals surface area contributed by atoms with Crippen LogP contribution in [-0.4, -0.2) is 38.1 Å². The first kappa shape index (κ1) is 17.9. The lowest BCUT2D eigenvalue weighted by molar-refractivity contribution is -0.117. The van der Waals surface area contributed by atoms with Crippen LogP contribution in [0.2, 0.25) is 0 Å². The van der Waals surface area contributed by atoms with Gasteiger partial charge in [-0.3, -0.25) is 4.79 Å². The quantitative estimate of drug-likeness (QED) is 0.876. The van der Waals surface area contributed by atoms with Gasteiger partial charge in [0.25, 0.3) is 0 Å². The maximum absolute atomic E-state index is 12.2. The summed E-state index contributed by atoms with van der Waals surface area (Å²) in [5.41, 5.74) is 4.66. The Balaban J connectivity index is 1.65. The number of nitrogens with zero attached hydrogens (tertiary/aromatic N) is 2. The lowest BCUT2D eigenvalue weighted by Crippen LogP contribution is -2.44. The second-order valence-electron chi connectivity index (χ2n) is 7.48. The number of rotatable bonds is 3. The third kappa shape index (κ3) is 3.52. The van der Waals surface area contributed by atoms with Crippen LogP contribution in [0.5, 0.6) is 0 Å². The first-order valence-corrected chi connectivity index (χ1v) is 9.85. The van der Waals surface area contributed by atoms with E-state index in [2.05, 4.69) is 64.9 Å². The number of carbonyl (C=O) groups is 1. The average Bonchev–Trinajstić information content (AvgIpc) is 2.69. The molecule has 5 nitrogen and oxygen atoms in total. The molecule has 2 heterocycles. The van der Waals surface area contributed by atoms with Crippen molar-refractivity contribution >= 4 is 23.0 Å². The Kier molecular flexibility index (Phi) is 5.03. The van der Waals surface area contributed by atoms with Gasteiger partial charge in [-0.15, -0.1) is 0 Å². The zero-order valence-corrected chi connectivity index (χ0v) is 16.1. The number of nitrogens with one attached hydrogen (secondary N) is 2. The van der Waals surface area contributed by atoms with E-state index in [1.807, 2.05) is 11.0 Å². The summed E-state index contributed by atoms with van der Waals surface area (Å²) in [5, 5.41) is 7.21. The maximum atomic E-state index is 12.2. The van der Waals surface area contributed by atoms with E-state index in [0.29, 0.717) is 0 Å². The summed E-state index contributed by atoms with van der Waals surface area (Å²) < 4.78 is 0. The lowest BCUT2D eigenvalue weighted by Gasteiger charge is -2.40. The van der Waals surface area contributed by atoms with Crippen molar-refractivity contribution in [3.8, 4) is 0 Å². The summed E-state index contributed by atoms with van der Waals surface area (Å²) in [7, 11) is 0. The molecule has 0 spiro atoms. The molecular formula is C22H28N4O. The van der Waals surface area contributed by atoms with Crippen LogP contribution in [-0.2, 0) is 4.79 Å². The molecular weight excluding hydrogens is 336 g/mol. The van der Waals surface area contributed by atoms with E-state index >= 15 is 0 Å². The van der Waals surface area contributed by atoms with Crippen molar-refractivity contribution in [2.75, 3.05) is 41.3 Å². The van der Waals surface area contributed by atoms with Crippen LogP contribution in [0, 0.1) is 0 Å². The smallest absolute Gasteiger partial charge is 0.224 e. The average molecular weight is 364 g/mol. The van der Waals surface area contributed by atoms with Crippen LogP contribution in [0.4, 0.5) is 17.1 Å². The number of piperazine rings is 1. The number of hydrogen-bond acceptors (Lipinski definition) is 4. The predicted molar refractivity (Wildman–Crippen MR) is 112 cm³/mol. The third-order valence-corrected chi connectivity index (χ3v) is 5.62. The van der Waals surface area contributed by atoms with Crippen molar-refractivity contribution in [1.82, 2.24) is 5.32 Å². The second-order valence-corrected chi connectivity index (χ2v) is 7.48. The Morgan fingerprint density at radius 1 is 1.04 bits per heavy atom. The lowest BCUT2D eigenvalue weighted by atomic mass is 9.91. The van der Waals surface area contributed by atoms with Gasteiger partial charge in [0, 0.05) is 44.8 Å². The molecule has 0 aliphatic carbocycles. The van der Waals surface area contributed by atoms with Gasteiger partial charge < -0.3 is 20.4 Å². The molecule has 1 amide bonds. The molecule has 2 aromatic carbocycles. The first-order chi connectivity index (χ1) is 13.1. The zero-order chi connectivity index (χ0) is 18.8. The molecule has 4 rings (SSSR count). The predicted octanol–water partition coefficient (Wildman–Crippen LogP) is 3.39. The number of fused-ring (bicyclic) bond motifs is 1. The second kappa shape index (κ2) is 7.61. The van der Waals surface area contributed by atoms with Crippen LogP contribution < -0.4 is 20.4 Å². The van der Waals surface area contributed by atoms with Crippen LogP contribution in [0.25, 0.3) is 0 Å². The van der Waals surface area contributed by atoms with Gasteiger partial charge in [0.05, 0.1) is 17.4 Å². The summed E-state index contributed by atoms with van der Waals surface area (Å²) >= 11 is 0. The van der Waals surface area contributed by atoms with Crippen LogP contribution in [0.15, 0.2) is 48.5 Å². The molecule has 0 saturated carbocycles. The minimum absolute atomic E-state index is 0.106. The van der Waals surface area contributed by atoms with Crippen molar-refractivity contribution in [1.29, 1.82) is 0 Å². The summed E-state index contributed by atoms with van der Waals surface area (Å²) in [6.45, 7) is 7.87. The highest BCUT2D eigenvalue weighted by atomic mass is 16.2. The molecule has 142 valence electrons. The highest BCUT2D eigenvalue weighted by Crippen LogP contribution is 2.40. The van der Waals surface area contributed by atoms with E-state index in [-0.39, 0.29) is 18.0 Å². The SMILES string of the molecule is CC(=O)N1c2ccccc2[C@@H](Nc2ccccc2N2CCNCC2)C[C@H]1C.